The van der Waals surface area contributed by atoms with Crippen molar-refractivity contribution >= 4 is 11.4 Å². The molecule has 1 fully saturated rings. The molecule has 1 saturated heterocycles. The number of hydrogen-bond donors (Lipinski definition) is 2. The van der Waals surface area contributed by atoms with Gasteiger partial charge in [0.2, 0.25) is 0 Å². The fourth-order valence-electron chi connectivity index (χ4n) is 2.31. The highest BCUT2D eigenvalue weighted by atomic mass is 16.6. The maximum absolute atomic E-state index is 10.6. The second kappa shape index (κ2) is 5.82. The smallest absolute Gasteiger partial charge is 0.269 e. The summed E-state index contributed by atoms with van der Waals surface area (Å²) in [5.41, 5.74) is 2.07. The Kier molecular flexibility index (Phi) is 4.15. The van der Waals surface area contributed by atoms with Crippen LogP contribution in [0.2, 0.25) is 0 Å². The first-order chi connectivity index (χ1) is 8.66. The predicted molar refractivity (Wildman–Crippen MR) is 71.9 cm³/mol. The van der Waals surface area contributed by atoms with Crippen molar-refractivity contribution in [3.8, 4) is 0 Å². The molecule has 98 valence electrons. The van der Waals surface area contributed by atoms with Crippen molar-refractivity contribution in [1.82, 2.24) is 5.32 Å². The van der Waals surface area contributed by atoms with E-state index in [1.165, 1.54) is 12.8 Å². The minimum absolute atomic E-state index is 0.150. The number of non-ortho nitro benzene ring substituents is 1. The highest BCUT2D eigenvalue weighted by Crippen LogP contribution is 2.22. The largest absolute Gasteiger partial charge is 0.384 e. The molecule has 0 aliphatic carbocycles. The lowest BCUT2D eigenvalue weighted by Crippen LogP contribution is -2.33. The number of nitrogens with one attached hydrogen (secondary N) is 2. The van der Waals surface area contributed by atoms with Crippen LogP contribution in [0, 0.1) is 23.0 Å². The van der Waals surface area contributed by atoms with Gasteiger partial charge in [-0.3, -0.25) is 10.1 Å². The van der Waals surface area contributed by atoms with E-state index in [0.717, 1.165) is 30.9 Å². The lowest BCUT2D eigenvalue weighted by molar-refractivity contribution is -0.384. The zero-order valence-electron chi connectivity index (χ0n) is 10.6. The quantitative estimate of drug-likeness (QED) is 0.634. The predicted octanol–water partition coefficient (Wildman–Crippen LogP) is 2.31. The maximum Gasteiger partial charge on any atom is 0.269 e. The van der Waals surface area contributed by atoms with Crippen molar-refractivity contribution in [2.45, 2.75) is 19.8 Å². The standard InChI is InChI=1S/C13H19N3O2/c1-10-7-12(16(17)18)4-5-13(10)15-9-11-3-2-6-14-8-11/h4-5,7,11,14-15H,2-3,6,8-9H2,1H3. The number of benzene rings is 1. The fraction of sp³-hybridized carbons (Fsp3) is 0.538. The molecular formula is C13H19N3O2. The number of aryl methyl sites for hydroxylation is 1. The number of nitrogens with zero attached hydrogens (tertiary/aromatic N) is 1. The zero-order valence-corrected chi connectivity index (χ0v) is 10.6. The molecule has 0 spiro atoms. The van der Waals surface area contributed by atoms with Crippen molar-refractivity contribution in [2.75, 3.05) is 25.0 Å². The van der Waals surface area contributed by atoms with Gasteiger partial charge in [0.05, 0.1) is 4.92 Å². The van der Waals surface area contributed by atoms with Crippen molar-refractivity contribution in [3.05, 3.63) is 33.9 Å². The van der Waals surface area contributed by atoms with Gasteiger partial charge in [-0.25, -0.2) is 0 Å². The molecule has 1 heterocycles. The number of hydrogen-bond acceptors (Lipinski definition) is 4. The van der Waals surface area contributed by atoms with E-state index in [-0.39, 0.29) is 10.6 Å². The van der Waals surface area contributed by atoms with E-state index >= 15 is 0 Å². The first-order valence-corrected chi connectivity index (χ1v) is 6.36. The summed E-state index contributed by atoms with van der Waals surface area (Å²) >= 11 is 0. The number of nitro benzene ring substituents is 1. The van der Waals surface area contributed by atoms with Crippen molar-refractivity contribution in [2.24, 2.45) is 5.92 Å². The lowest BCUT2D eigenvalue weighted by atomic mass is 9.99. The Morgan fingerprint density at radius 3 is 3.00 bits per heavy atom. The second-order valence-corrected chi connectivity index (χ2v) is 4.85. The normalized spacial score (nSPS) is 19.5. The van der Waals surface area contributed by atoms with E-state index in [9.17, 15) is 10.1 Å². The van der Waals surface area contributed by atoms with E-state index in [1.54, 1.807) is 18.2 Å². The monoisotopic (exact) mass is 249 g/mol. The minimum atomic E-state index is -0.359. The topological polar surface area (TPSA) is 67.2 Å². The van der Waals surface area contributed by atoms with Gasteiger partial charge in [-0.15, -0.1) is 0 Å². The Balaban J connectivity index is 1.94. The summed E-state index contributed by atoms with van der Waals surface area (Å²) in [6.07, 6.45) is 2.47. The molecule has 0 radical (unpaired) electrons. The second-order valence-electron chi connectivity index (χ2n) is 4.85. The molecule has 1 atom stereocenters. The highest BCUT2D eigenvalue weighted by molar-refractivity contribution is 5.55. The summed E-state index contributed by atoms with van der Waals surface area (Å²) in [5, 5.41) is 17.4. The van der Waals surface area contributed by atoms with Gasteiger partial charge in [0.15, 0.2) is 0 Å². The summed E-state index contributed by atoms with van der Waals surface area (Å²) in [5.74, 6) is 0.647. The van der Waals surface area contributed by atoms with Crippen LogP contribution in [0.3, 0.4) is 0 Å². The minimum Gasteiger partial charge on any atom is -0.384 e. The SMILES string of the molecule is Cc1cc([N+](=O)[O-])ccc1NCC1CCCNC1. The summed E-state index contributed by atoms with van der Waals surface area (Å²) < 4.78 is 0. The van der Waals surface area contributed by atoms with Gasteiger partial charge in [0.1, 0.15) is 0 Å². The van der Waals surface area contributed by atoms with Gasteiger partial charge < -0.3 is 10.6 Å². The molecule has 0 bridgehead atoms. The van der Waals surface area contributed by atoms with Crippen LogP contribution in [0.5, 0.6) is 0 Å². The van der Waals surface area contributed by atoms with Crippen LogP contribution in [-0.4, -0.2) is 24.6 Å². The summed E-state index contributed by atoms with van der Waals surface area (Å²) in [6.45, 7) is 4.99. The molecule has 5 heteroatoms. The molecule has 0 saturated carbocycles. The van der Waals surface area contributed by atoms with Crippen LogP contribution in [-0.2, 0) is 0 Å². The summed E-state index contributed by atoms with van der Waals surface area (Å²) in [7, 11) is 0. The Hall–Kier alpha value is -1.62. The van der Waals surface area contributed by atoms with E-state index < -0.39 is 0 Å². The average molecular weight is 249 g/mol. The molecule has 2 rings (SSSR count). The third-order valence-corrected chi connectivity index (χ3v) is 3.40. The van der Waals surface area contributed by atoms with Crippen LogP contribution >= 0.6 is 0 Å². The molecule has 1 aromatic rings. The highest BCUT2D eigenvalue weighted by Gasteiger charge is 2.13. The number of rotatable bonds is 4. The molecule has 1 aliphatic heterocycles. The molecule has 5 nitrogen and oxygen atoms in total. The first-order valence-electron chi connectivity index (χ1n) is 6.36. The Morgan fingerprint density at radius 1 is 1.56 bits per heavy atom. The number of piperidine rings is 1. The molecule has 1 unspecified atom stereocenters. The van der Waals surface area contributed by atoms with Gasteiger partial charge in [0.25, 0.3) is 5.69 Å². The third-order valence-electron chi connectivity index (χ3n) is 3.40. The van der Waals surface area contributed by atoms with Crippen molar-refractivity contribution < 1.29 is 4.92 Å². The van der Waals surface area contributed by atoms with Gasteiger partial charge >= 0.3 is 0 Å². The van der Waals surface area contributed by atoms with E-state index in [2.05, 4.69) is 10.6 Å². The molecular weight excluding hydrogens is 230 g/mol. The average Bonchev–Trinajstić information content (AvgIpc) is 2.38. The van der Waals surface area contributed by atoms with Gasteiger partial charge in [-0.2, -0.15) is 0 Å². The molecule has 2 N–H and O–H groups in total. The Morgan fingerprint density at radius 2 is 2.39 bits per heavy atom. The number of anilines is 1. The van der Waals surface area contributed by atoms with Crippen LogP contribution in [0.15, 0.2) is 18.2 Å². The van der Waals surface area contributed by atoms with Gasteiger partial charge in [-0.05, 0) is 50.4 Å². The van der Waals surface area contributed by atoms with Crippen LogP contribution < -0.4 is 10.6 Å². The Labute approximate surface area is 107 Å². The molecule has 1 aromatic carbocycles. The zero-order chi connectivity index (χ0) is 13.0. The fourth-order valence-corrected chi connectivity index (χ4v) is 2.31. The maximum atomic E-state index is 10.6. The van der Waals surface area contributed by atoms with Gasteiger partial charge in [0, 0.05) is 24.4 Å². The van der Waals surface area contributed by atoms with E-state index in [4.69, 9.17) is 0 Å². The van der Waals surface area contributed by atoms with E-state index in [0.29, 0.717) is 5.92 Å². The first kappa shape index (κ1) is 12.8. The van der Waals surface area contributed by atoms with Crippen molar-refractivity contribution in [3.63, 3.8) is 0 Å². The van der Waals surface area contributed by atoms with E-state index in [1.807, 2.05) is 6.92 Å². The summed E-state index contributed by atoms with van der Waals surface area (Å²) in [4.78, 5) is 10.3. The van der Waals surface area contributed by atoms with Crippen LogP contribution in [0.1, 0.15) is 18.4 Å². The van der Waals surface area contributed by atoms with Crippen LogP contribution in [0.25, 0.3) is 0 Å². The van der Waals surface area contributed by atoms with Gasteiger partial charge in [-0.1, -0.05) is 0 Å². The number of nitro groups is 1. The molecule has 18 heavy (non-hydrogen) atoms. The Bertz CT molecular complexity index is 428. The molecule has 0 amide bonds. The summed E-state index contributed by atoms with van der Waals surface area (Å²) in [6, 6.07) is 4.96. The third kappa shape index (κ3) is 3.20. The molecule has 0 aromatic heterocycles. The lowest BCUT2D eigenvalue weighted by Gasteiger charge is -2.23. The van der Waals surface area contributed by atoms with Crippen molar-refractivity contribution in [1.29, 1.82) is 0 Å². The van der Waals surface area contributed by atoms with Crippen LogP contribution in [0.4, 0.5) is 11.4 Å². The molecule has 1 aliphatic rings.